The van der Waals surface area contributed by atoms with Gasteiger partial charge >= 0.3 is 5.69 Å². The molecule has 1 aliphatic carbocycles. The molecule has 1 saturated carbocycles. The highest BCUT2D eigenvalue weighted by Crippen LogP contribution is 2.32. The normalized spacial score (nSPS) is 25.7. The molecule has 0 bridgehead atoms. The average Bonchev–Trinajstić information content (AvgIpc) is 2.25. The molecule has 0 aromatic carbocycles. The van der Waals surface area contributed by atoms with E-state index in [4.69, 9.17) is 5.73 Å². The third kappa shape index (κ3) is 2.16. The third-order valence-electron chi connectivity index (χ3n) is 3.62. The van der Waals surface area contributed by atoms with E-state index in [1.54, 1.807) is 0 Å². The van der Waals surface area contributed by atoms with Crippen LogP contribution in [0.3, 0.4) is 0 Å². The van der Waals surface area contributed by atoms with E-state index in [1.807, 2.05) is 13.8 Å². The maximum absolute atomic E-state index is 11.4. The van der Waals surface area contributed by atoms with Crippen LogP contribution in [0, 0.1) is 13.8 Å². The number of nitrogens with zero attached hydrogens (tertiary/aromatic N) is 1. The van der Waals surface area contributed by atoms with Gasteiger partial charge < -0.3 is 10.7 Å². The molecule has 16 heavy (non-hydrogen) atoms. The van der Waals surface area contributed by atoms with Crippen LogP contribution in [0.15, 0.2) is 4.79 Å². The molecule has 0 saturated heterocycles. The van der Waals surface area contributed by atoms with Crippen LogP contribution in [0.4, 0.5) is 0 Å². The molecule has 0 radical (unpaired) electrons. The second kappa shape index (κ2) is 4.37. The van der Waals surface area contributed by atoms with Crippen LogP contribution in [0.5, 0.6) is 0 Å². The van der Waals surface area contributed by atoms with E-state index in [1.165, 1.54) is 0 Å². The van der Waals surface area contributed by atoms with Crippen molar-refractivity contribution in [1.82, 2.24) is 9.97 Å². The summed E-state index contributed by atoms with van der Waals surface area (Å²) in [5, 5.41) is 0. The SMILES string of the molecule is Cc1[nH]c(=O)nc(C2CCC(N)CC2)c1C. The van der Waals surface area contributed by atoms with Crippen molar-refractivity contribution in [2.45, 2.75) is 51.5 Å². The van der Waals surface area contributed by atoms with E-state index in [2.05, 4.69) is 9.97 Å². The fraction of sp³-hybridized carbons (Fsp3) is 0.667. The number of nitrogens with one attached hydrogen (secondary N) is 1. The van der Waals surface area contributed by atoms with Crippen LogP contribution in [0.25, 0.3) is 0 Å². The first kappa shape index (κ1) is 11.3. The Morgan fingerprint density at radius 3 is 2.50 bits per heavy atom. The van der Waals surface area contributed by atoms with E-state index in [0.29, 0.717) is 12.0 Å². The van der Waals surface area contributed by atoms with Gasteiger partial charge in [0, 0.05) is 17.7 Å². The minimum Gasteiger partial charge on any atom is -0.328 e. The Hall–Kier alpha value is -1.16. The fourth-order valence-corrected chi connectivity index (χ4v) is 2.46. The van der Waals surface area contributed by atoms with E-state index < -0.39 is 0 Å². The van der Waals surface area contributed by atoms with Gasteiger partial charge in [-0.3, -0.25) is 0 Å². The monoisotopic (exact) mass is 221 g/mol. The van der Waals surface area contributed by atoms with Crippen LogP contribution >= 0.6 is 0 Å². The van der Waals surface area contributed by atoms with Crippen molar-refractivity contribution in [2.24, 2.45) is 5.73 Å². The number of nitrogens with two attached hydrogens (primary N) is 1. The quantitative estimate of drug-likeness (QED) is 0.752. The van der Waals surface area contributed by atoms with Crippen molar-refractivity contribution in [2.75, 3.05) is 0 Å². The third-order valence-corrected chi connectivity index (χ3v) is 3.62. The van der Waals surface area contributed by atoms with Gasteiger partial charge in [-0.1, -0.05) is 0 Å². The molecule has 1 fully saturated rings. The first-order chi connectivity index (χ1) is 7.58. The summed E-state index contributed by atoms with van der Waals surface area (Å²) in [7, 11) is 0. The summed E-state index contributed by atoms with van der Waals surface area (Å²) >= 11 is 0. The zero-order chi connectivity index (χ0) is 11.7. The van der Waals surface area contributed by atoms with Crippen molar-refractivity contribution >= 4 is 0 Å². The van der Waals surface area contributed by atoms with Gasteiger partial charge in [0.15, 0.2) is 0 Å². The minimum atomic E-state index is -0.229. The molecule has 0 spiro atoms. The van der Waals surface area contributed by atoms with Crippen LogP contribution in [-0.4, -0.2) is 16.0 Å². The Balaban J connectivity index is 2.30. The zero-order valence-corrected chi connectivity index (χ0v) is 9.92. The van der Waals surface area contributed by atoms with Gasteiger partial charge in [-0.05, 0) is 45.1 Å². The molecule has 3 N–H and O–H groups in total. The lowest BCUT2D eigenvalue weighted by atomic mass is 9.83. The molecule has 4 heteroatoms. The molecule has 1 aromatic rings. The molecule has 0 atom stereocenters. The molecule has 88 valence electrons. The van der Waals surface area contributed by atoms with Gasteiger partial charge in [0.05, 0.1) is 5.69 Å². The van der Waals surface area contributed by atoms with Crippen molar-refractivity contribution in [3.05, 3.63) is 27.4 Å². The number of aromatic nitrogens is 2. The molecule has 4 nitrogen and oxygen atoms in total. The number of aromatic amines is 1. The van der Waals surface area contributed by atoms with Crippen LogP contribution in [0.1, 0.15) is 48.6 Å². The Morgan fingerprint density at radius 2 is 1.88 bits per heavy atom. The first-order valence-electron chi connectivity index (χ1n) is 5.91. The molecule has 0 unspecified atom stereocenters. The van der Waals surface area contributed by atoms with Crippen LogP contribution in [-0.2, 0) is 0 Å². The Morgan fingerprint density at radius 1 is 1.25 bits per heavy atom. The van der Waals surface area contributed by atoms with Gasteiger partial charge in [0.25, 0.3) is 0 Å². The van der Waals surface area contributed by atoms with Crippen molar-refractivity contribution in [3.63, 3.8) is 0 Å². The lowest BCUT2D eigenvalue weighted by molar-refractivity contribution is 0.388. The molecule has 1 aliphatic rings. The lowest BCUT2D eigenvalue weighted by Crippen LogP contribution is -2.27. The Kier molecular flexibility index (Phi) is 3.10. The van der Waals surface area contributed by atoms with Gasteiger partial charge in [0.1, 0.15) is 0 Å². The zero-order valence-electron chi connectivity index (χ0n) is 9.92. The van der Waals surface area contributed by atoms with Gasteiger partial charge in [-0.25, -0.2) is 4.79 Å². The smallest absolute Gasteiger partial charge is 0.328 e. The lowest BCUT2D eigenvalue weighted by Gasteiger charge is -2.26. The van der Waals surface area contributed by atoms with Crippen molar-refractivity contribution in [3.8, 4) is 0 Å². The van der Waals surface area contributed by atoms with Crippen molar-refractivity contribution < 1.29 is 0 Å². The number of hydrogen-bond acceptors (Lipinski definition) is 3. The average molecular weight is 221 g/mol. The molecule has 1 heterocycles. The first-order valence-corrected chi connectivity index (χ1v) is 5.91. The van der Waals surface area contributed by atoms with E-state index in [0.717, 1.165) is 42.6 Å². The minimum absolute atomic E-state index is 0.229. The standard InChI is InChI=1S/C12H19N3O/c1-7-8(2)14-12(16)15-11(7)9-3-5-10(13)6-4-9/h9-10H,3-6,13H2,1-2H3,(H,14,15,16). The highest BCUT2D eigenvalue weighted by Gasteiger charge is 2.23. The topological polar surface area (TPSA) is 71.8 Å². The highest BCUT2D eigenvalue weighted by molar-refractivity contribution is 5.25. The summed E-state index contributed by atoms with van der Waals surface area (Å²) in [6.07, 6.45) is 4.19. The Bertz CT molecular complexity index is 430. The van der Waals surface area contributed by atoms with E-state index in [9.17, 15) is 4.79 Å². The summed E-state index contributed by atoms with van der Waals surface area (Å²) in [6, 6.07) is 0.333. The largest absolute Gasteiger partial charge is 0.345 e. The summed E-state index contributed by atoms with van der Waals surface area (Å²) in [5.41, 5.74) is 8.70. The van der Waals surface area contributed by atoms with Gasteiger partial charge in [0.2, 0.25) is 0 Å². The maximum Gasteiger partial charge on any atom is 0.345 e. The fourth-order valence-electron chi connectivity index (χ4n) is 2.46. The highest BCUT2D eigenvalue weighted by atomic mass is 16.1. The molecule has 2 rings (SSSR count). The molecular formula is C12H19N3O. The van der Waals surface area contributed by atoms with E-state index in [-0.39, 0.29) is 5.69 Å². The predicted octanol–water partition coefficient (Wildman–Crippen LogP) is 1.37. The molecule has 1 aromatic heterocycles. The molecular weight excluding hydrogens is 202 g/mol. The van der Waals surface area contributed by atoms with Crippen molar-refractivity contribution in [1.29, 1.82) is 0 Å². The summed E-state index contributed by atoms with van der Waals surface area (Å²) in [6.45, 7) is 3.96. The Labute approximate surface area is 95.3 Å². The summed E-state index contributed by atoms with van der Waals surface area (Å²) in [5.74, 6) is 0.417. The number of aryl methyl sites for hydroxylation is 1. The van der Waals surface area contributed by atoms with Gasteiger partial charge in [-0.15, -0.1) is 0 Å². The van der Waals surface area contributed by atoms with E-state index >= 15 is 0 Å². The number of hydrogen-bond donors (Lipinski definition) is 2. The van der Waals surface area contributed by atoms with Crippen LogP contribution < -0.4 is 11.4 Å². The second-order valence-electron chi connectivity index (χ2n) is 4.79. The number of rotatable bonds is 1. The second-order valence-corrected chi connectivity index (χ2v) is 4.79. The molecule has 0 amide bonds. The summed E-state index contributed by atoms with van der Waals surface area (Å²) < 4.78 is 0. The predicted molar refractivity (Wildman–Crippen MR) is 63.5 cm³/mol. The molecule has 0 aliphatic heterocycles. The maximum atomic E-state index is 11.4. The summed E-state index contributed by atoms with van der Waals surface area (Å²) in [4.78, 5) is 18.2. The van der Waals surface area contributed by atoms with Gasteiger partial charge in [-0.2, -0.15) is 4.98 Å². The number of H-pyrrole nitrogens is 1. The van der Waals surface area contributed by atoms with Crippen LogP contribution in [0.2, 0.25) is 0 Å².